The Bertz CT molecular complexity index is 417. The molecule has 0 aromatic carbocycles. The van der Waals surface area contributed by atoms with E-state index in [0.29, 0.717) is 12.1 Å². The first kappa shape index (κ1) is 14.2. The molecule has 1 rings (SSSR count). The van der Waals surface area contributed by atoms with Crippen LogP contribution in [0.1, 0.15) is 23.7 Å². The summed E-state index contributed by atoms with van der Waals surface area (Å²) in [6.07, 6.45) is 0.773. The molecule has 0 saturated heterocycles. The van der Waals surface area contributed by atoms with Crippen LogP contribution in [0.5, 0.6) is 0 Å². The van der Waals surface area contributed by atoms with Gasteiger partial charge >= 0.3 is 12.0 Å². The summed E-state index contributed by atoms with van der Waals surface area (Å²) < 4.78 is 4.73. The first-order chi connectivity index (χ1) is 8.63. The molecule has 2 N–H and O–H groups in total. The highest BCUT2D eigenvalue weighted by atomic mass is 32.1. The van der Waals surface area contributed by atoms with Gasteiger partial charge in [-0.1, -0.05) is 6.92 Å². The molecule has 0 aliphatic heterocycles. The molecule has 0 aliphatic carbocycles. The van der Waals surface area contributed by atoms with Gasteiger partial charge in [-0.2, -0.15) is 11.3 Å². The molecule has 0 aliphatic rings. The van der Waals surface area contributed by atoms with Crippen LogP contribution in [0.3, 0.4) is 0 Å². The molecule has 18 heavy (non-hydrogen) atoms. The number of hydrogen-bond acceptors (Lipinski definition) is 5. The zero-order valence-corrected chi connectivity index (χ0v) is 10.7. The van der Waals surface area contributed by atoms with Crippen molar-refractivity contribution in [1.29, 1.82) is 0 Å². The van der Waals surface area contributed by atoms with Gasteiger partial charge in [-0.15, -0.1) is 0 Å². The molecule has 6 nitrogen and oxygen atoms in total. The smallest absolute Gasteiger partial charge is 0.339 e. The van der Waals surface area contributed by atoms with Crippen LogP contribution in [0.2, 0.25) is 0 Å². The van der Waals surface area contributed by atoms with E-state index in [1.54, 1.807) is 16.8 Å². The van der Waals surface area contributed by atoms with E-state index in [1.807, 2.05) is 6.92 Å². The zero-order valence-electron chi connectivity index (χ0n) is 9.89. The maximum atomic E-state index is 11.4. The van der Waals surface area contributed by atoms with Gasteiger partial charge in [-0.3, -0.25) is 10.1 Å². The molecule has 7 heteroatoms. The van der Waals surface area contributed by atoms with Crippen molar-refractivity contribution in [2.24, 2.45) is 0 Å². The minimum absolute atomic E-state index is 0.392. The number of hydrogen-bond donors (Lipinski definition) is 2. The number of imide groups is 1. The van der Waals surface area contributed by atoms with Gasteiger partial charge < -0.3 is 10.1 Å². The standard InChI is InChI=1S/C11H14N2O4S/c1-2-4-12-11(16)13-9(14)6-17-10(15)8-3-5-18-7-8/h3,5,7H,2,4,6H2,1H3,(H2,12,13,14,16). The summed E-state index contributed by atoms with van der Waals surface area (Å²) in [6, 6.07) is 1.01. The average Bonchev–Trinajstić information content (AvgIpc) is 2.87. The second kappa shape index (κ2) is 7.44. The molecule has 0 fully saturated rings. The lowest BCUT2D eigenvalue weighted by molar-refractivity contribution is -0.123. The summed E-state index contributed by atoms with van der Waals surface area (Å²) in [5, 5.41) is 7.87. The average molecular weight is 270 g/mol. The summed E-state index contributed by atoms with van der Waals surface area (Å²) in [6.45, 7) is 1.90. The highest BCUT2D eigenvalue weighted by molar-refractivity contribution is 7.08. The van der Waals surface area contributed by atoms with E-state index in [0.717, 1.165) is 6.42 Å². The van der Waals surface area contributed by atoms with Crippen LogP contribution in [-0.4, -0.2) is 31.1 Å². The van der Waals surface area contributed by atoms with E-state index in [1.165, 1.54) is 11.3 Å². The van der Waals surface area contributed by atoms with Crippen molar-refractivity contribution in [2.75, 3.05) is 13.2 Å². The SMILES string of the molecule is CCCNC(=O)NC(=O)COC(=O)c1ccsc1. The Morgan fingerprint density at radius 3 is 2.78 bits per heavy atom. The Morgan fingerprint density at radius 2 is 2.17 bits per heavy atom. The molecule has 0 spiro atoms. The van der Waals surface area contributed by atoms with Gasteiger partial charge in [0.05, 0.1) is 5.56 Å². The number of carbonyl (C=O) groups is 3. The maximum Gasteiger partial charge on any atom is 0.339 e. The first-order valence-electron chi connectivity index (χ1n) is 5.40. The lowest BCUT2D eigenvalue weighted by atomic mass is 10.3. The van der Waals surface area contributed by atoms with Crippen molar-refractivity contribution < 1.29 is 19.1 Å². The van der Waals surface area contributed by atoms with Crippen molar-refractivity contribution in [3.05, 3.63) is 22.4 Å². The lowest BCUT2D eigenvalue weighted by Crippen LogP contribution is -2.41. The fourth-order valence-corrected chi connectivity index (χ4v) is 1.67. The Hall–Kier alpha value is -1.89. The fraction of sp³-hybridized carbons (Fsp3) is 0.364. The van der Waals surface area contributed by atoms with Crippen LogP contribution in [0.25, 0.3) is 0 Å². The Labute approximate surface area is 108 Å². The highest BCUT2D eigenvalue weighted by Gasteiger charge is 2.12. The van der Waals surface area contributed by atoms with E-state index in [-0.39, 0.29) is 0 Å². The molecule has 1 aromatic heterocycles. The van der Waals surface area contributed by atoms with E-state index < -0.39 is 24.5 Å². The molecule has 98 valence electrons. The Kier molecular flexibility index (Phi) is 5.86. The first-order valence-corrected chi connectivity index (χ1v) is 6.34. The van der Waals surface area contributed by atoms with Crippen molar-refractivity contribution in [1.82, 2.24) is 10.6 Å². The molecule has 0 atom stereocenters. The van der Waals surface area contributed by atoms with Crippen LogP contribution < -0.4 is 10.6 Å². The van der Waals surface area contributed by atoms with Gasteiger partial charge in [-0.05, 0) is 17.9 Å². The van der Waals surface area contributed by atoms with Gasteiger partial charge in [0.1, 0.15) is 0 Å². The third kappa shape index (κ3) is 4.96. The second-order valence-electron chi connectivity index (χ2n) is 3.39. The Balaban J connectivity index is 2.25. The van der Waals surface area contributed by atoms with E-state index in [9.17, 15) is 14.4 Å². The van der Waals surface area contributed by atoms with Crippen molar-refractivity contribution >= 4 is 29.2 Å². The lowest BCUT2D eigenvalue weighted by Gasteiger charge is -2.06. The number of urea groups is 1. The predicted octanol–water partition coefficient (Wildman–Crippen LogP) is 1.14. The van der Waals surface area contributed by atoms with Crippen LogP contribution in [0, 0.1) is 0 Å². The van der Waals surface area contributed by atoms with E-state index in [2.05, 4.69) is 10.6 Å². The largest absolute Gasteiger partial charge is 0.452 e. The fourth-order valence-electron chi connectivity index (χ4n) is 1.04. The number of carbonyl (C=O) groups excluding carboxylic acids is 3. The van der Waals surface area contributed by atoms with Gasteiger partial charge in [0.25, 0.3) is 5.91 Å². The predicted molar refractivity (Wildman–Crippen MR) is 66.4 cm³/mol. The monoisotopic (exact) mass is 270 g/mol. The van der Waals surface area contributed by atoms with Crippen LogP contribution in [0.4, 0.5) is 4.79 Å². The highest BCUT2D eigenvalue weighted by Crippen LogP contribution is 2.06. The Morgan fingerprint density at radius 1 is 1.39 bits per heavy atom. The molecule has 1 heterocycles. The molecular formula is C11H14N2O4S. The molecule has 3 amide bonds. The van der Waals surface area contributed by atoms with Gasteiger partial charge in [-0.25, -0.2) is 9.59 Å². The number of amides is 3. The quantitative estimate of drug-likeness (QED) is 0.786. The molecule has 0 saturated carbocycles. The minimum Gasteiger partial charge on any atom is -0.452 e. The topological polar surface area (TPSA) is 84.5 Å². The van der Waals surface area contributed by atoms with Crippen LogP contribution in [-0.2, 0) is 9.53 Å². The summed E-state index contributed by atoms with van der Waals surface area (Å²) in [7, 11) is 0. The molecule has 0 bridgehead atoms. The van der Waals surface area contributed by atoms with Crippen molar-refractivity contribution in [2.45, 2.75) is 13.3 Å². The number of rotatable bonds is 5. The number of thiophene rings is 1. The zero-order chi connectivity index (χ0) is 13.4. The van der Waals surface area contributed by atoms with Crippen molar-refractivity contribution in [3.63, 3.8) is 0 Å². The van der Waals surface area contributed by atoms with E-state index >= 15 is 0 Å². The number of nitrogens with one attached hydrogen (secondary N) is 2. The minimum atomic E-state index is -0.660. The van der Waals surface area contributed by atoms with Crippen molar-refractivity contribution in [3.8, 4) is 0 Å². The van der Waals surface area contributed by atoms with E-state index in [4.69, 9.17) is 4.74 Å². The van der Waals surface area contributed by atoms with Crippen LogP contribution in [0.15, 0.2) is 16.8 Å². The van der Waals surface area contributed by atoms with Gasteiger partial charge in [0.15, 0.2) is 6.61 Å². The third-order valence-corrected chi connectivity index (χ3v) is 2.56. The summed E-state index contributed by atoms with van der Waals surface area (Å²) in [4.78, 5) is 33.7. The number of ether oxygens (including phenoxy) is 1. The third-order valence-electron chi connectivity index (χ3n) is 1.88. The summed E-state index contributed by atoms with van der Waals surface area (Å²) in [5.41, 5.74) is 0.392. The van der Waals surface area contributed by atoms with Crippen LogP contribution >= 0.6 is 11.3 Å². The number of esters is 1. The summed E-state index contributed by atoms with van der Waals surface area (Å²) >= 11 is 1.36. The normalized spacial score (nSPS) is 9.61. The molecular weight excluding hydrogens is 256 g/mol. The molecule has 0 unspecified atom stereocenters. The maximum absolute atomic E-state index is 11.4. The summed E-state index contributed by atoms with van der Waals surface area (Å²) in [5.74, 6) is -1.24. The second-order valence-corrected chi connectivity index (χ2v) is 4.17. The van der Waals surface area contributed by atoms with Gasteiger partial charge in [0.2, 0.25) is 0 Å². The van der Waals surface area contributed by atoms with Gasteiger partial charge in [0, 0.05) is 11.9 Å². The molecule has 1 aromatic rings. The molecule has 0 radical (unpaired) electrons.